The van der Waals surface area contributed by atoms with Gasteiger partial charge in [0.25, 0.3) is 5.91 Å². The molecule has 0 aliphatic heterocycles. The summed E-state index contributed by atoms with van der Waals surface area (Å²) in [6.07, 6.45) is 0.636. The van der Waals surface area contributed by atoms with Gasteiger partial charge in [-0.15, -0.1) is 23.2 Å². The summed E-state index contributed by atoms with van der Waals surface area (Å²) in [5.41, 5.74) is 1.73. The fourth-order valence-corrected chi connectivity index (χ4v) is 5.30. The second kappa shape index (κ2) is 9.76. The Morgan fingerprint density at radius 2 is 1.56 bits per heavy atom. The van der Waals surface area contributed by atoms with Crippen LogP contribution >= 0.6 is 58.0 Å². The molecule has 174 valence electrons. The molecule has 2 amide bonds. The van der Waals surface area contributed by atoms with Crippen molar-refractivity contribution in [2.75, 3.05) is 10.6 Å². The van der Waals surface area contributed by atoms with Crippen molar-refractivity contribution in [1.29, 1.82) is 0 Å². The summed E-state index contributed by atoms with van der Waals surface area (Å²) in [6.45, 7) is 0. The lowest BCUT2D eigenvalue weighted by molar-refractivity contribution is -0.117. The van der Waals surface area contributed by atoms with Gasteiger partial charge in [0, 0.05) is 27.2 Å². The number of rotatable bonds is 6. The fraction of sp³-hybridized carbons (Fsp3) is 0.125. The van der Waals surface area contributed by atoms with Gasteiger partial charge in [0.2, 0.25) is 5.91 Å². The lowest BCUT2D eigenvalue weighted by Gasteiger charge is -2.11. The van der Waals surface area contributed by atoms with Crippen LogP contribution in [0.2, 0.25) is 15.1 Å². The molecule has 0 aromatic heterocycles. The Morgan fingerprint density at radius 1 is 0.882 bits per heavy atom. The van der Waals surface area contributed by atoms with Crippen LogP contribution in [0, 0.1) is 5.92 Å². The first kappa shape index (κ1) is 24.8. The molecule has 4 rings (SSSR count). The molecule has 0 bridgehead atoms. The normalized spacial score (nSPS) is 18.1. The monoisotopic (exact) mass is 554 g/mol. The Labute approximate surface area is 220 Å². The molecule has 10 heteroatoms. The molecule has 1 aliphatic carbocycles. The quantitative estimate of drug-likeness (QED) is 0.248. The van der Waals surface area contributed by atoms with E-state index in [0.29, 0.717) is 38.8 Å². The third-order valence-corrected chi connectivity index (χ3v) is 7.10. The Kier molecular flexibility index (Phi) is 7.13. The molecule has 1 fully saturated rings. The van der Waals surface area contributed by atoms with Gasteiger partial charge in [-0.25, -0.2) is 0 Å². The highest BCUT2D eigenvalue weighted by atomic mass is 35.5. The minimum absolute atomic E-state index is 0.108. The van der Waals surface area contributed by atoms with Crippen LogP contribution in [0.1, 0.15) is 32.2 Å². The van der Waals surface area contributed by atoms with E-state index in [4.69, 9.17) is 58.0 Å². The second-order valence-electron chi connectivity index (χ2n) is 7.68. The minimum Gasteiger partial charge on any atom is -0.326 e. The zero-order valence-corrected chi connectivity index (χ0v) is 20.9. The van der Waals surface area contributed by atoms with Crippen molar-refractivity contribution in [3.05, 3.63) is 92.4 Å². The molecule has 1 unspecified atom stereocenters. The van der Waals surface area contributed by atoms with Crippen molar-refractivity contribution in [1.82, 2.24) is 0 Å². The maximum atomic E-state index is 13.0. The van der Waals surface area contributed by atoms with Gasteiger partial charge in [-0.2, -0.15) is 0 Å². The summed E-state index contributed by atoms with van der Waals surface area (Å²) in [5, 5.41) is 6.36. The van der Waals surface area contributed by atoms with Gasteiger partial charge in [0.05, 0.1) is 22.2 Å². The standard InChI is InChI=1S/C24H15Cl5N2O3/c25-14-7-13(8-15(26)9-14)20-21(24(20,28)29)23(34)30-16-5-6-18(27)17(10-16)22(33)31-19-4-2-1-3-12(19)11-32/h1-11,20-21H,(H,30,34)(H,31,33)/t20?,21-/m0/s1. The van der Waals surface area contributed by atoms with Crippen molar-refractivity contribution >= 4 is 87.5 Å². The molecule has 34 heavy (non-hydrogen) atoms. The molecule has 0 heterocycles. The third-order valence-electron chi connectivity index (χ3n) is 5.39. The highest BCUT2D eigenvalue weighted by molar-refractivity contribution is 6.53. The Hall–Kier alpha value is -2.28. The van der Waals surface area contributed by atoms with E-state index < -0.39 is 28.0 Å². The number of alkyl halides is 2. The molecule has 2 N–H and O–H groups in total. The van der Waals surface area contributed by atoms with Crippen LogP contribution in [0.15, 0.2) is 60.7 Å². The number of para-hydroxylation sites is 1. The minimum atomic E-state index is -1.34. The summed E-state index contributed by atoms with van der Waals surface area (Å²) in [6, 6.07) is 15.9. The van der Waals surface area contributed by atoms with Crippen LogP contribution in [0.4, 0.5) is 11.4 Å². The molecule has 0 spiro atoms. The largest absolute Gasteiger partial charge is 0.326 e. The number of hydrogen-bond acceptors (Lipinski definition) is 3. The molecule has 3 aromatic rings. The van der Waals surface area contributed by atoms with Gasteiger partial charge in [0.1, 0.15) is 4.33 Å². The van der Waals surface area contributed by atoms with Gasteiger partial charge < -0.3 is 10.6 Å². The van der Waals surface area contributed by atoms with Crippen molar-refractivity contribution in [3.8, 4) is 0 Å². The number of benzene rings is 3. The molecule has 3 aromatic carbocycles. The number of nitrogens with one attached hydrogen (secondary N) is 2. The number of carbonyl (C=O) groups is 3. The zero-order chi connectivity index (χ0) is 24.6. The van der Waals surface area contributed by atoms with E-state index >= 15 is 0 Å². The molecule has 5 nitrogen and oxygen atoms in total. The number of anilines is 2. The number of amides is 2. The number of carbonyl (C=O) groups excluding carboxylic acids is 3. The maximum absolute atomic E-state index is 13.0. The predicted octanol–water partition coefficient (Wildman–Crippen LogP) is 7.24. The highest BCUT2D eigenvalue weighted by Gasteiger charge is 2.67. The zero-order valence-electron chi connectivity index (χ0n) is 17.1. The average Bonchev–Trinajstić information content (AvgIpc) is 3.36. The van der Waals surface area contributed by atoms with Gasteiger partial charge in [0.15, 0.2) is 6.29 Å². The molecule has 0 saturated heterocycles. The Balaban J connectivity index is 1.52. The summed E-state index contributed by atoms with van der Waals surface area (Å²) in [7, 11) is 0. The lowest BCUT2D eigenvalue weighted by atomic mass is 10.1. The Bertz CT molecular complexity index is 1290. The van der Waals surface area contributed by atoms with Crippen molar-refractivity contribution in [2.24, 2.45) is 5.92 Å². The van der Waals surface area contributed by atoms with Gasteiger partial charge in [-0.05, 0) is 54.1 Å². The highest BCUT2D eigenvalue weighted by Crippen LogP contribution is 2.65. The van der Waals surface area contributed by atoms with E-state index in [1.54, 1.807) is 48.5 Å². The van der Waals surface area contributed by atoms with E-state index in [9.17, 15) is 14.4 Å². The summed E-state index contributed by atoms with van der Waals surface area (Å²) < 4.78 is -1.34. The number of aldehydes is 1. The topological polar surface area (TPSA) is 75.3 Å². The Morgan fingerprint density at radius 3 is 2.24 bits per heavy atom. The fourth-order valence-electron chi connectivity index (χ4n) is 3.72. The lowest BCUT2D eigenvalue weighted by Crippen LogP contribution is -2.18. The smallest absolute Gasteiger partial charge is 0.257 e. The number of halogens is 5. The van der Waals surface area contributed by atoms with E-state index in [-0.39, 0.29) is 10.6 Å². The number of hydrogen-bond donors (Lipinski definition) is 2. The molecule has 2 atom stereocenters. The van der Waals surface area contributed by atoms with E-state index in [2.05, 4.69) is 10.6 Å². The first-order chi connectivity index (χ1) is 16.1. The summed E-state index contributed by atoms with van der Waals surface area (Å²) in [5.74, 6) is -2.26. The van der Waals surface area contributed by atoms with E-state index in [0.717, 1.165) is 0 Å². The first-order valence-corrected chi connectivity index (χ1v) is 11.8. The van der Waals surface area contributed by atoms with Crippen LogP contribution in [0.25, 0.3) is 0 Å². The van der Waals surface area contributed by atoms with E-state index in [1.165, 1.54) is 12.1 Å². The van der Waals surface area contributed by atoms with Crippen LogP contribution in [-0.4, -0.2) is 22.4 Å². The van der Waals surface area contributed by atoms with Gasteiger partial charge >= 0.3 is 0 Å². The predicted molar refractivity (Wildman–Crippen MR) is 137 cm³/mol. The molecule has 1 aliphatic rings. The van der Waals surface area contributed by atoms with Crippen LogP contribution < -0.4 is 10.6 Å². The first-order valence-electron chi connectivity index (χ1n) is 9.91. The summed E-state index contributed by atoms with van der Waals surface area (Å²) in [4.78, 5) is 37.0. The van der Waals surface area contributed by atoms with Crippen LogP contribution in [0.3, 0.4) is 0 Å². The van der Waals surface area contributed by atoms with Crippen molar-refractivity contribution in [2.45, 2.75) is 10.3 Å². The third kappa shape index (κ3) is 5.04. The summed E-state index contributed by atoms with van der Waals surface area (Å²) >= 11 is 31.2. The SMILES string of the molecule is O=Cc1ccccc1NC(=O)c1cc(NC(=O)[C@@H]2C(c3cc(Cl)cc(Cl)c3)C2(Cl)Cl)ccc1Cl. The average molecular weight is 557 g/mol. The van der Waals surface area contributed by atoms with Crippen molar-refractivity contribution < 1.29 is 14.4 Å². The maximum Gasteiger partial charge on any atom is 0.257 e. The van der Waals surface area contributed by atoms with Gasteiger partial charge in [-0.1, -0.05) is 46.9 Å². The molecular formula is C24H15Cl5N2O3. The van der Waals surface area contributed by atoms with Gasteiger partial charge in [-0.3, -0.25) is 14.4 Å². The molecular weight excluding hydrogens is 542 g/mol. The van der Waals surface area contributed by atoms with Crippen molar-refractivity contribution in [3.63, 3.8) is 0 Å². The molecule has 0 radical (unpaired) electrons. The van der Waals surface area contributed by atoms with Crippen LogP contribution in [-0.2, 0) is 4.79 Å². The second-order valence-corrected chi connectivity index (χ2v) is 10.4. The van der Waals surface area contributed by atoms with Crippen LogP contribution in [0.5, 0.6) is 0 Å². The molecule has 1 saturated carbocycles. The van der Waals surface area contributed by atoms with E-state index in [1.807, 2.05) is 0 Å².